The number of likely N-dealkylation sites (tertiary alicyclic amines) is 1. The lowest BCUT2D eigenvalue weighted by Crippen LogP contribution is -2.48. The van der Waals surface area contributed by atoms with Crippen LogP contribution in [0.3, 0.4) is 0 Å². The second-order valence-electron chi connectivity index (χ2n) is 6.55. The Hall–Kier alpha value is -1.85. The average molecular weight is 314 g/mol. The fourth-order valence-corrected chi connectivity index (χ4v) is 4.02. The van der Waals surface area contributed by atoms with Crippen LogP contribution in [-0.4, -0.2) is 52.8 Å². The number of H-pyrrole nitrogens is 1. The van der Waals surface area contributed by atoms with Crippen molar-refractivity contribution in [3.05, 3.63) is 36.0 Å². The summed E-state index contributed by atoms with van der Waals surface area (Å²) < 4.78 is 5.55. The third kappa shape index (κ3) is 2.54. The molecule has 5 nitrogen and oxygen atoms in total. The number of carbonyl (C=O) groups excluding carboxylic acids is 1. The Balaban J connectivity index is 1.63. The molecule has 0 unspecified atom stereocenters. The second-order valence-corrected chi connectivity index (χ2v) is 6.55. The lowest BCUT2D eigenvalue weighted by molar-refractivity contribution is -0.0589. The highest BCUT2D eigenvalue weighted by Gasteiger charge is 2.40. The van der Waals surface area contributed by atoms with E-state index < -0.39 is 0 Å². The molecule has 23 heavy (non-hydrogen) atoms. The van der Waals surface area contributed by atoms with Gasteiger partial charge in [0.2, 0.25) is 0 Å². The molecule has 2 aliphatic rings. The van der Waals surface area contributed by atoms with Crippen LogP contribution in [0.5, 0.6) is 0 Å². The number of para-hydroxylation sites is 1. The van der Waals surface area contributed by atoms with Crippen molar-refractivity contribution in [1.82, 2.24) is 9.88 Å². The Morgan fingerprint density at radius 3 is 3.09 bits per heavy atom. The number of rotatable bonds is 2. The van der Waals surface area contributed by atoms with Gasteiger partial charge in [-0.15, -0.1) is 0 Å². The van der Waals surface area contributed by atoms with E-state index in [1.807, 2.05) is 35.4 Å². The van der Waals surface area contributed by atoms with Gasteiger partial charge in [0, 0.05) is 36.7 Å². The smallest absolute Gasteiger partial charge is 0.256 e. The molecule has 1 aromatic carbocycles. The molecule has 1 amide bonds. The van der Waals surface area contributed by atoms with E-state index in [2.05, 4.69) is 4.98 Å². The van der Waals surface area contributed by atoms with E-state index in [1.54, 1.807) is 0 Å². The first-order chi connectivity index (χ1) is 11.3. The molecule has 5 heteroatoms. The highest BCUT2D eigenvalue weighted by Crippen LogP contribution is 2.32. The zero-order valence-electron chi connectivity index (χ0n) is 13.1. The maximum Gasteiger partial charge on any atom is 0.256 e. The maximum absolute atomic E-state index is 13.1. The van der Waals surface area contributed by atoms with Crippen molar-refractivity contribution in [3.63, 3.8) is 0 Å². The lowest BCUT2D eigenvalue weighted by atomic mass is 9.89. The average Bonchev–Trinajstić information content (AvgIpc) is 3.23. The van der Waals surface area contributed by atoms with Crippen LogP contribution >= 0.6 is 0 Å². The van der Waals surface area contributed by atoms with Crippen LogP contribution in [0.2, 0.25) is 0 Å². The van der Waals surface area contributed by atoms with E-state index in [0.29, 0.717) is 25.2 Å². The minimum absolute atomic E-state index is 0.0260. The van der Waals surface area contributed by atoms with Crippen LogP contribution in [0.25, 0.3) is 10.9 Å². The van der Waals surface area contributed by atoms with Crippen LogP contribution in [0.1, 0.15) is 29.6 Å². The number of aromatic amines is 1. The lowest BCUT2D eigenvalue weighted by Gasteiger charge is -2.37. The van der Waals surface area contributed by atoms with Gasteiger partial charge in [0.15, 0.2) is 0 Å². The summed E-state index contributed by atoms with van der Waals surface area (Å²) in [5.74, 6) is 0.0800. The summed E-state index contributed by atoms with van der Waals surface area (Å²) in [5, 5.41) is 11.4. The molecule has 122 valence electrons. The monoisotopic (exact) mass is 314 g/mol. The van der Waals surface area contributed by atoms with Gasteiger partial charge in [-0.1, -0.05) is 12.1 Å². The van der Waals surface area contributed by atoms with Gasteiger partial charge in [0.1, 0.15) is 0 Å². The summed E-state index contributed by atoms with van der Waals surface area (Å²) in [4.78, 5) is 18.2. The summed E-state index contributed by atoms with van der Waals surface area (Å²) in [6, 6.07) is 7.86. The first-order valence-corrected chi connectivity index (χ1v) is 8.38. The van der Waals surface area contributed by atoms with Gasteiger partial charge in [-0.2, -0.15) is 0 Å². The Morgan fingerprint density at radius 2 is 2.22 bits per heavy atom. The number of nitrogens with zero attached hydrogens (tertiary/aromatic N) is 1. The molecule has 0 spiro atoms. The molecule has 4 rings (SSSR count). The molecule has 0 radical (unpaired) electrons. The molecule has 2 N–H and O–H groups in total. The van der Waals surface area contributed by atoms with Crippen molar-refractivity contribution in [1.29, 1.82) is 0 Å². The van der Waals surface area contributed by atoms with E-state index in [0.717, 1.165) is 30.3 Å². The van der Waals surface area contributed by atoms with Crippen molar-refractivity contribution < 1.29 is 14.6 Å². The zero-order valence-corrected chi connectivity index (χ0v) is 13.1. The molecule has 0 aliphatic carbocycles. The van der Waals surface area contributed by atoms with Gasteiger partial charge in [-0.05, 0) is 31.4 Å². The summed E-state index contributed by atoms with van der Waals surface area (Å²) in [6.07, 6.45) is 4.08. The molecule has 3 atom stereocenters. The van der Waals surface area contributed by atoms with Crippen molar-refractivity contribution in [2.45, 2.75) is 31.4 Å². The highest BCUT2D eigenvalue weighted by molar-refractivity contribution is 6.05. The number of nitrogens with one attached hydrogen (secondary N) is 1. The Morgan fingerprint density at radius 1 is 1.30 bits per heavy atom. The van der Waals surface area contributed by atoms with Gasteiger partial charge in [0.25, 0.3) is 5.91 Å². The summed E-state index contributed by atoms with van der Waals surface area (Å²) in [6.45, 7) is 1.91. The van der Waals surface area contributed by atoms with E-state index in [9.17, 15) is 9.90 Å². The number of aliphatic hydroxyl groups is 1. The third-order valence-corrected chi connectivity index (χ3v) is 5.23. The molecule has 0 bridgehead atoms. The van der Waals surface area contributed by atoms with Gasteiger partial charge in [-0.25, -0.2) is 0 Å². The predicted molar refractivity (Wildman–Crippen MR) is 87.3 cm³/mol. The Bertz CT molecular complexity index is 711. The molecular weight excluding hydrogens is 292 g/mol. The standard InChI is InChI=1S/C18H22N2O3/c21-16-7-10-23-11-14(16)15-5-2-9-20(15)18(22)13-4-1-3-12-6-8-19-17(12)13/h1,3-4,6,8,14-16,19,21H,2,5,7,9-11H2/t14-,15+,16+/m0/s1. The fraction of sp³-hybridized carbons (Fsp3) is 0.500. The molecule has 1 aromatic heterocycles. The number of aliphatic hydroxyl groups excluding tert-OH is 1. The summed E-state index contributed by atoms with van der Waals surface area (Å²) in [7, 11) is 0. The van der Waals surface area contributed by atoms with Gasteiger partial charge in [0.05, 0.1) is 23.8 Å². The minimum atomic E-state index is -0.372. The van der Waals surface area contributed by atoms with Crippen molar-refractivity contribution in [2.75, 3.05) is 19.8 Å². The number of carbonyl (C=O) groups is 1. The molecule has 0 saturated carbocycles. The van der Waals surface area contributed by atoms with E-state index in [1.165, 1.54) is 0 Å². The molecule has 2 aliphatic heterocycles. The largest absolute Gasteiger partial charge is 0.393 e. The number of aromatic nitrogens is 1. The number of hydrogen-bond acceptors (Lipinski definition) is 3. The van der Waals surface area contributed by atoms with Crippen LogP contribution in [0.4, 0.5) is 0 Å². The van der Waals surface area contributed by atoms with Crippen LogP contribution in [0, 0.1) is 5.92 Å². The maximum atomic E-state index is 13.1. The van der Waals surface area contributed by atoms with Gasteiger partial charge in [-0.3, -0.25) is 4.79 Å². The topological polar surface area (TPSA) is 65.6 Å². The Kier molecular flexibility index (Phi) is 3.83. The van der Waals surface area contributed by atoms with E-state index in [-0.39, 0.29) is 24.0 Å². The summed E-state index contributed by atoms with van der Waals surface area (Å²) >= 11 is 0. The van der Waals surface area contributed by atoms with E-state index >= 15 is 0 Å². The predicted octanol–water partition coefficient (Wildman–Crippen LogP) is 2.17. The van der Waals surface area contributed by atoms with Crippen LogP contribution < -0.4 is 0 Å². The fourth-order valence-electron chi connectivity index (χ4n) is 4.02. The normalized spacial score (nSPS) is 28.4. The van der Waals surface area contributed by atoms with Crippen molar-refractivity contribution in [2.24, 2.45) is 5.92 Å². The highest BCUT2D eigenvalue weighted by atomic mass is 16.5. The first kappa shape index (κ1) is 14.7. The number of fused-ring (bicyclic) bond motifs is 1. The molecule has 2 aromatic rings. The quantitative estimate of drug-likeness (QED) is 0.893. The first-order valence-electron chi connectivity index (χ1n) is 8.38. The van der Waals surface area contributed by atoms with Crippen LogP contribution in [-0.2, 0) is 4.74 Å². The van der Waals surface area contributed by atoms with E-state index in [4.69, 9.17) is 4.74 Å². The van der Waals surface area contributed by atoms with Crippen LogP contribution in [0.15, 0.2) is 30.5 Å². The van der Waals surface area contributed by atoms with Crippen molar-refractivity contribution in [3.8, 4) is 0 Å². The zero-order chi connectivity index (χ0) is 15.8. The molecule has 3 heterocycles. The van der Waals surface area contributed by atoms with Gasteiger partial charge < -0.3 is 19.7 Å². The minimum Gasteiger partial charge on any atom is -0.393 e. The SMILES string of the molecule is O=C(c1cccc2cc[nH]c12)N1CCC[C@@H]1[C@@H]1COCC[C@H]1O. The third-order valence-electron chi connectivity index (χ3n) is 5.23. The Labute approximate surface area is 135 Å². The number of hydrogen-bond donors (Lipinski definition) is 2. The molecule has 2 fully saturated rings. The second kappa shape index (κ2) is 5.98. The van der Waals surface area contributed by atoms with Crippen molar-refractivity contribution >= 4 is 16.8 Å². The number of ether oxygens (including phenoxy) is 1. The van der Waals surface area contributed by atoms with Gasteiger partial charge >= 0.3 is 0 Å². The number of amides is 1. The molecular formula is C18H22N2O3. The molecule has 2 saturated heterocycles. The number of benzene rings is 1. The summed E-state index contributed by atoms with van der Waals surface area (Å²) in [5.41, 5.74) is 1.61.